The molecule has 2 aliphatic rings. The highest BCUT2D eigenvalue weighted by molar-refractivity contribution is 6.08. The van der Waals surface area contributed by atoms with Crippen molar-refractivity contribution in [1.82, 2.24) is 0 Å². The molecule has 3 aromatic rings. The second kappa shape index (κ2) is 4.26. The number of fused-ring (bicyclic) bond motifs is 8. The van der Waals surface area contributed by atoms with Gasteiger partial charge in [0, 0.05) is 16.4 Å². The van der Waals surface area contributed by atoms with Crippen LogP contribution in [0.1, 0.15) is 30.5 Å². The summed E-state index contributed by atoms with van der Waals surface area (Å²) in [7, 11) is 0. The Morgan fingerprint density at radius 3 is 2.52 bits per heavy atom. The molecule has 1 aliphatic carbocycles. The summed E-state index contributed by atoms with van der Waals surface area (Å²) < 4.78 is 6.07. The largest absolute Gasteiger partial charge is 0.488 e. The van der Waals surface area contributed by atoms with Gasteiger partial charge < -0.3 is 4.74 Å². The van der Waals surface area contributed by atoms with Crippen LogP contribution in [0.5, 0.6) is 5.75 Å². The molecule has 1 nitrogen and oxygen atoms in total. The molecule has 0 unspecified atom stereocenters. The number of hydrogen-bond acceptors (Lipinski definition) is 1. The molecule has 5 rings (SSSR count). The first kappa shape index (κ1) is 13.0. The Kier molecular flexibility index (Phi) is 2.40. The summed E-state index contributed by atoms with van der Waals surface area (Å²) in [5.74, 6) is 1.04. The molecule has 3 aromatic carbocycles. The average Bonchev–Trinajstić information content (AvgIpc) is 2.84. The average molecular weight is 298 g/mol. The Morgan fingerprint density at radius 1 is 0.913 bits per heavy atom. The fourth-order valence-corrected chi connectivity index (χ4v) is 4.35. The van der Waals surface area contributed by atoms with Gasteiger partial charge in [0.15, 0.2) is 0 Å². The summed E-state index contributed by atoms with van der Waals surface area (Å²) in [5, 5.41) is 2.52. The normalized spacial score (nSPS) is 16.6. The summed E-state index contributed by atoms with van der Waals surface area (Å²) in [6.45, 7) is 5.31. The molecule has 1 heteroatoms. The predicted octanol–water partition coefficient (Wildman–Crippen LogP) is 5.55. The van der Waals surface area contributed by atoms with Gasteiger partial charge >= 0.3 is 0 Å². The molecule has 1 heterocycles. The van der Waals surface area contributed by atoms with Crippen LogP contribution in [0.15, 0.2) is 54.6 Å². The van der Waals surface area contributed by atoms with Crippen molar-refractivity contribution in [3.05, 3.63) is 71.3 Å². The maximum atomic E-state index is 6.07. The Labute approximate surface area is 136 Å². The van der Waals surface area contributed by atoms with Gasteiger partial charge in [0.1, 0.15) is 12.4 Å². The number of rotatable bonds is 0. The van der Waals surface area contributed by atoms with E-state index in [1.807, 2.05) is 0 Å². The second-order valence-electron chi connectivity index (χ2n) is 6.92. The third kappa shape index (κ3) is 1.52. The van der Waals surface area contributed by atoms with Gasteiger partial charge in [0.05, 0.1) is 0 Å². The second-order valence-corrected chi connectivity index (χ2v) is 6.92. The zero-order valence-corrected chi connectivity index (χ0v) is 13.4. The number of ether oxygens (including phenoxy) is 1. The van der Waals surface area contributed by atoms with Crippen molar-refractivity contribution in [1.29, 1.82) is 0 Å². The molecular weight excluding hydrogens is 280 g/mol. The maximum Gasteiger partial charge on any atom is 0.135 e. The van der Waals surface area contributed by atoms with Crippen molar-refractivity contribution in [2.75, 3.05) is 6.61 Å². The fourth-order valence-electron chi connectivity index (χ4n) is 4.35. The van der Waals surface area contributed by atoms with Crippen molar-refractivity contribution >= 4 is 16.8 Å². The minimum absolute atomic E-state index is 0.00885. The molecular formula is C22H18O. The molecule has 0 radical (unpaired) electrons. The lowest BCUT2D eigenvalue weighted by atomic mass is 9.78. The van der Waals surface area contributed by atoms with Gasteiger partial charge in [0.25, 0.3) is 0 Å². The first-order chi connectivity index (χ1) is 11.2. The van der Waals surface area contributed by atoms with Crippen molar-refractivity contribution in [2.45, 2.75) is 19.3 Å². The number of hydrogen-bond donors (Lipinski definition) is 0. The van der Waals surface area contributed by atoms with Crippen LogP contribution in [-0.4, -0.2) is 6.61 Å². The van der Waals surface area contributed by atoms with Crippen LogP contribution in [0.25, 0.3) is 28.0 Å². The maximum absolute atomic E-state index is 6.07. The summed E-state index contributed by atoms with van der Waals surface area (Å²) in [6.07, 6.45) is 4.37. The van der Waals surface area contributed by atoms with Gasteiger partial charge in [-0.3, -0.25) is 0 Å². The van der Waals surface area contributed by atoms with E-state index in [9.17, 15) is 0 Å². The Balaban J connectivity index is 2.06. The zero-order chi connectivity index (χ0) is 15.6. The molecule has 1 aliphatic heterocycles. The fraction of sp³-hybridized carbons (Fsp3) is 0.182. The van der Waals surface area contributed by atoms with E-state index < -0.39 is 0 Å². The number of benzene rings is 3. The van der Waals surface area contributed by atoms with Gasteiger partial charge in [0.2, 0.25) is 0 Å². The molecule has 0 spiro atoms. The van der Waals surface area contributed by atoms with Crippen LogP contribution in [0.3, 0.4) is 0 Å². The summed E-state index contributed by atoms with van der Waals surface area (Å²) in [4.78, 5) is 0. The highest BCUT2D eigenvalue weighted by atomic mass is 16.5. The van der Waals surface area contributed by atoms with Gasteiger partial charge in [-0.2, -0.15) is 0 Å². The minimum Gasteiger partial charge on any atom is -0.488 e. The van der Waals surface area contributed by atoms with Crippen molar-refractivity contribution in [3.8, 4) is 16.9 Å². The van der Waals surface area contributed by atoms with Gasteiger partial charge in [-0.05, 0) is 33.7 Å². The highest BCUT2D eigenvalue weighted by Gasteiger charge is 2.39. The van der Waals surface area contributed by atoms with E-state index in [2.05, 4.69) is 74.5 Å². The van der Waals surface area contributed by atoms with Crippen LogP contribution >= 0.6 is 0 Å². The van der Waals surface area contributed by atoms with Crippen LogP contribution < -0.4 is 4.74 Å². The Hall–Kier alpha value is -2.54. The van der Waals surface area contributed by atoms with E-state index in [1.54, 1.807) is 0 Å². The monoisotopic (exact) mass is 298 g/mol. The van der Waals surface area contributed by atoms with Gasteiger partial charge in [-0.15, -0.1) is 0 Å². The predicted molar refractivity (Wildman–Crippen MR) is 96.0 cm³/mol. The summed E-state index contributed by atoms with van der Waals surface area (Å²) >= 11 is 0. The van der Waals surface area contributed by atoms with Gasteiger partial charge in [-0.25, -0.2) is 0 Å². The molecule has 0 bridgehead atoms. The quantitative estimate of drug-likeness (QED) is 0.528. The Morgan fingerprint density at radius 2 is 1.65 bits per heavy atom. The summed E-state index contributed by atoms with van der Waals surface area (Å²) in [5.41, 5.74) is 6.81. The standard InChI is InChI=1S/C22H18O/c1-22(2)18-12-6-5-10-16(18)19-14-8-3-4-9-15(14)21-17(20(19)22)11-7-13-23-21/h3-12H,13H2,1-2H3. The molecule has 0 aromatic heterocycles. The topological polar surface area (TPSA) is 9.23 Å². The van der Waals surface area contributed by atoms with Crippen LogP contribution in [-0.2, 0) is 5.41 Å². The molecule has 112 valence electrons. The van der Waals surface area contributed by atoms with E-state index in [-0.39, 0.29) is 5.41 Å². The molecule has 0 atom stereocenters. The minimum atomic E-state index is -0.00885. The molecule has 0 N–H and O–H groups in total. The van der Waals surface area contributed by atoms with Crippen LogP contribution in [0, 0.1) is 0 Å². The molecule has 0 saturated heterocycles. The van der Waals surface area contributed by atoms with Crippen LogP contribution in [0.4, 0.5) is 0 Å². The third-order valence-electron chi connectivity index (χ3n) is 5.31. The first-order valence-corrected chi connectivity index (χ1v) is 8.18. The van der Waals surface area contributed by atoms with Crippen molar-refractivity contribution < 1.29 is 4.74 Å². The first-order valence-electron chi connectivity index (χ1n) is 8.18. The Bertz CT molecular complexity index is 992. The summed E-state index contributed by atoms with van der Waals surface area (Å²) in [6, 6.07) is 17.5. The molecule has 0 fully saturated rings. The van der Waals surface area contributed by atoms with E-state index in [0.29, 0.717) is 6.61 Å². The van der Waals surface area contributed by atoms with Gasteiger partial charge in [-0.1, -0.05) is 68.5 Å². The van der Waals surface area contributed by atoms with Crippen molar-refractivity contribution in [3.63, 3.8) is 0 Å². The van der Waals surface area contributed by atoms with Crippen LogP contribution in [0.2, 0.25) is 0 Å². The van der Waals surface area contributed by atoms with E-state index in [1.165, 1.54) is 38.6 Å². The molecule has 23 heavy (non-hydrogen) atoms. The highest BCUT2D eigenvalue weighted by Crippen LogP contribution is 2.55. The lowest BCUT2D eigenvalue weighted by Gasteiger charge is -2.27. The van der Waals surface area contributed by atoms with Crippen molar-refractivity contribution in [2.24, 2.45) is 0 Å². The SMILES string of the molecule is CC1(C)c2ccccc2-c2c1c1c(c3ccccc23)OCC=C1. The third-order valence-corrected chi connectivity index (χ3v) is 5.31. The molecule has 0 amide bonds. The lowest BCUT2D eigenvalue weighted by molar-refractivity contribution is 0.362. The van der Waals surface area contributed by atoms with E-state index >= 15 is 0 Å². The molecule has 0 saturated carbocycles. The lowest BCUT2D eigenvalue weighted by Crippen LogP contribution is -2.18. The van der Waals surface area contributed by atoms with E-state index in [4.69, 9.17) is 4.74 Å². The van der Waals surface area contributed by atoms with E-state index in [0.717, 1.165) is 5.75 Å². The zero-order valence-electron chi connectivity index (χ0n) is 13.4. The smallest absolute Gasteiger partial charge is 0.135 e.